The monoisotopic (exact) mass is 347 g/mol. The van der Waals surface area contributed by atoms with Gasteiger partial charge in [-0.15, -0.1) is 10.2 Å². The molecule has 9 nitrogen and oxygen atoms in total. The van der Waals surface area contributed by atoms with Gasteiger partial charge in [-0.05, 0) is 6.42 Å². The minimum atomic E-state index is -0.347. The summed E-state index contributed by atoms with van der Waals surface area (Å²) in [6.45, 7) is 1.97. The van der Waals surface area contributed by atoms with Crippen LogP contribution in [0.25, 0.3) is 11.0 Å². The van der Waals surface area contributed by atoms with Crippen molar-refractivity contribution in [3.8, 4) is 0 Å². The summed E-state index contributed by atoms with van der Waals surface area (Å²) in [7, 11) is 1.71. The van der Waals surface area contributed by atoms with Gasteiger partial charge in [0, 0.05) is 13.5 Å². The van der Waals surface area contributed by atoms with Crippen molar-refractivity contribution in [2.45, 2.75) is 32.7 Å². The van der Waals surface area contributed by atoms with Gasteiger partial charge in [-0.2, -0.15) is 5.10 Å². The number of amides is 1. The third-order valence-electron chi connectivity index (χ3n) is 3.49. The topological polar surface area (TPSA) is 108 Å². The van der Waals surface area contributed by atoms with Gasteiger partial charge in [-0.25, -0.2) is 4.98 Å². The third kappa shape index (κ3) is 3.32. The third-order valence-corrected chi connectivity index (χ3v) is 4.39. The number of unbranched alkanes of at least 4 members (excludes halogenated alkanes) is 1. The summed E-state index contributed by atoms with van der Waals surface area (Å²) in [5.74, 6) is -0.347. The van der Waals surface area contributed by atoms with E-state index in [1.807, 2.05) is 0 Å². The fourth-order valence-electron chi connectivity index (χ4n) is 2.23. The largest absolute Gasteiger partial charge is 0.299 e. The molecular formula is C14H17N7O2S. The number of aryl methyl sites for hydroxylation is 2. The van der Waals surface area contributed by atoms with Crippen molar-refractivity contribution in [3.63, 3.8) is 0 Å². The first-order valence-corrected chi connectivity index (χ1v) is 8.39. The molecule has 1 amide bonds. The summed E-state index contributed by atoms with van der Waals surface area (Å²) in [6.07, 6.45) is 5.76. The molecule has 10 heteroatoms. The Balaban J connectivity index is 1.70. The number of rotatable bonds is 6. The van der Waals surface area contributed by atoms with Crippen LogP contribution < -0.4 is 10.9 Å². The van der Waals surface area contributed by atoms with E-state index in [2.05, 4.69) is 32.5 Å². The first-order valence-electron chi connectivity index (χ1n) is 7.58. The van der Waals surface area contributed by atoms with Crippen LogP contribution in [-0.2, 0) is 24.8 Å². The van der Waals surface area contributed by atoms with Crippen LogP contribution in [0.1, 0.15) is 24.8 Å². The van der Waals surface area contributed by atoms with Crippen molar-refractivity contribution in [3.05, 3.63) is 27.9 Å². The molecule has 0 radical (unpaired) electrons. The average molecular weight is 347 g/mol. The Hall–Kier alpha value is -2.62. The van der Waals surface area contributed by atoms with Crippen molar-refractivity contribution in [2.24, 2.45) is 7.05 Å². The van der Waals surface area contributed by atoms with E-state index in [1.54, 1.807) is 7.05 Å². The maximum absolute atomic E-state index is 12.3. The summed E-state index contributed by atoms with van der Waals surface area (Å²) in [4.78, 5) is 28.6. The van der Waals surface area contributed by atoms with E-state index in [0.29, 0.717) is 16.2 Å². The summed E-state index contributed by atoms with van der Waals surface area (Å²) in [5, 5.41) is 16.4. The molecule has 0 aliphatic carbocycles. The van der Waals surface area contributed by atoms with Gasteiger partial charge in [0.15, 0.2) is 5.65 Å². The van der Waals surface area contributed by atoms with Gasteiger partial charge in [0.05, 0.1) is 6.20 Å². The lowest BCUT2D eigenvalue weighted by Gasteiger charge is -2.04. The lowest BCUT2D eigenvalue weighted by atomic mass is 10.3. The first kappa shape index (κ1) is 16.2. The van der Waals surface area contributed by atoms with E-state index >= 15 is 0 Å². The average Bonchev–Trinajstić information content (AvgIpc) is 3.15. The highest BCUT2D eigenvalue weighted by Gasteiger charge is 2.12. The second kappa shape index (κ2) is 6.87. The summed E-state index contributed by atoms with van der Waals surface area (Å²) in [6, 6.07) is 0. The molecule has 3 aromatic rings. The number of hydrogen-bond acceptors (Lipinski definition) is 7. The zero-order valence-corrected chi connectivity index (χ0v) is 14.2. The maximum Gasteiger partial charge on any atom is 0.264 e. The predicted octanol–water partition coefficient (Wildman–Crippen LogP) is 0.963. The number of hydrogen-bond donors (Lipinski definition) is 1. The van der Waals surface area contributed by atoms with Crippen LogP contribution in [0.3, 0.4) is 0 Å². The fraction of sp³-hybridized carbons (Fsp3) is 0.429. The van der Waals surface area contributed by atoms with Crippen LogP contribution in [0.5, 0.6) is 0 Å². The molecule has 3 aromatic heterocycles. The Labute approximate surface area is 141 Å². The van der Waals surface area contributed by atoms with Gasteiger partial charge >= 0.3 is 0 Å². The number of anilines is 1. The molecular weight excluding hydrogens is 330 g/mol. The zero-order valence-electron chi connectivity index (χ0n) is 13.4. The van der Waals surface area contributed by atoms with Gasteiger partial charge in [-0.1, -0.05) is 24.7 Å². The first-order chi connectivity index (χ1) is 11.6. The maximum atomic E-state index is 12.3. The molecule has 0 spiro atoms. The molecule has 3 heterocycles. The van der Waals surface area contributed by atoms with E-state index in [0.717, 1.165) is 24.3 Å². The smallest absolute Gasteiger partial charge is 0.264 e. The van der Waals surface area contributed by atoms with Gasteiger partial charge in [0.2, 0.25) is 11.0 Å². The van der Waals surface area contributed by atoms with Crippen molar-refractivity contribution >= 4 is 33.4 Å². The minimum absolute atomic E-state index is 0.138. The molecule has 1 N–H and O–H groups in total. The van der Waals surface area contributed by atoms with E-state index in [1.165, 1.54) is 33.1 Å². The molecule has 0 atom stereocenters. The Morgan fingerprint density at radius 2 is 2.21 bits per heavy atom. The fourth-order valence-corrected chi connectivity index (χ4v) is 3.02. The Bertz CT molecular complexity index is 927. The normalized spacial score (nSPS) is 11.1. The van der Waals surface area contributed by atoms with E-state index in [-0.39, 0.29) is 18.0 Å². The zero-order chi connectivity index (χ0) is 17.1. The van der Waals surface area contributed by atoms with Crippen LogP contribution in [0.15, 0.2) is 17.3 Å². The molecule has 0 unspecified atom stereocenters. The standard InChI is InChI=1S/C14H17N7O2S/c1-3-4-5-11-18-19-14(24-11)17-10(22)7-21-8-15-12-9(13(21)23)6-16-20(12)2/h6,8H,3-5,7H2,1-2H3,(H,17,19,22). The number of nitrogens with one attached hydrogen (secondary N) is 1. The van der Waals surface area contributed by atoms with Crippen molar-refractivity contribution in [1.29, 1.82) is 0 Å². The summed E-state index contributed by atoms with van der Waals surface area (Å²) < 4.78 is 2.76. The Morgan fingerprint density at radius 3 is 3.00 bits per heavy atom. The second-order valence-electron chi connectivity index (χ2n) is 5.34. The number of carbonyl (C=O) groups is 1. The number of carbonyl (C=O) groups excluding carboxylic acids is 1. The van der Waals surface area contributed by atoms with E-state index in [9.17, 15) is 9.59 Å². The number of aromatic nitrogens is 6. The van der Waals surface area contributed by atoms with E-state index < -0.39 is 0 Å². The number of fused-ring (bicyclic) bond motifs is 1. The lowest BCUT2D eigenvalue weighted by molar-refractivity contribution is -0.116. The van der Waals surface area contributed by atoms with Crippen molar-refractivity contribution in [2.75, 3.05) is 5.32 Å². The molecule has 0 aliphatic heterocycles. The highest BCUT2D eigenvalue weighted by molar-refractivity contribution is 7.15. The van der Waals surface area contributed by atoms with Crippen LogP contribution in [0, 0.1) is 0 Å². The quantitative estimate of drug-likeness (QED) is 0.712. The lowest BCUT2D eigenvalue weighted by Crippen LogP contribution is -2.27. The highest BCUT2D eigenvalue weighted by atomic mass is 32.1. The minimum Gasteiger partial charge on any atom is -0.299 e. The summed E-state index contributed by atoms with van der Waals surface area (Å²) in [5.41, 5.74) is 0.186. The van der Waals surface area contributed by atoms with Gasteiger partial charge in [0.25, 0.3) is 5.56 Å². The van der Waals surface area contributed by atoms with Crippen LogP contribution in [-0.4, -0.2) is 35.4 Å². The second-order valence-corrected chi connectivity index (χ2v) is 6.40. The van der Waals surface area contributed by atoms with Crippen molar-refractivity contribution in [1.82, 2.24) is 29.5 Å². The molecule has 0 bridgehead atoms. The summed E-state index contributed by atoms with van der Waals surface area (Å²) >= 11 is 1.35. The van der Waals surface area contributed by atoms with Gasteiger partial charge in [-0.3, -0.25) is 24.2 Å². The Morgan fingerprint density at radius 1 is 1.38 bits per heavy atom. The van der Waals surface area contributed by atoms with Gasteiger partial charge < -0.3 is 0 Å². The van der Waals surface area contributed by atoms with Crippen LogP contribution >= 0.6 is 11.3 Å². The molecule has 0 aromatic carbocycles. The van der Waals surface area contributed by atoms with Gasteiger partial charge in [0.1, 0.15) is 23.3 Å². The van der Waals surface area contributed by atoms with Crippen molar-refractivity contribution < 1.29 is 4.79 Å². The SMILES string of the molecule is CCCCc1nnc(NC(=O)Cn2cnc3c(cnn3C)c2=O)s1. The highest BCUT2D eigenvalue weighted by Crippen LogP contribution is 2.17. The molecule has 24 heavy (non-hydrogen) atoms. The van der Waals surface area contributed by atoms with Crippen LogP contribution in [0.4, 0.5) is 5.13 Å². The molecule has 0 fully saturated rings. The molecule has 0 aliphatic rings. The number of nitrogens with zero attached hydrogens (tertiary/aromatic N) is 6. The van der Waals surface area contributed by atoms with E-state index in [4.69, 9.17) is 0 Å². The molecule has 126 valence electrons. The molecule has 0 saturated heterocycles. The Kier molecular flexibility index (Phi) is 4.65. The predicted molar refractivity (Wildman–Crippen MR) is 89.9 cm³/mol. The molecule has 3 rings (SSSR count). The van der Waals surface area contributed by atoms with Crippen LogP contribution in [0.2, 0.25) is 0 Å². The molecule has 0 saturated carbocycles.